The number of amides is 1. The molecule has 2 aromatic carbocycles. The van der Waals surface area contributed by atoms with E-state index >= 15 is 0 Å². The Bertz CT molecular complexity index is 984. The average molecular weight is 400 g/mol. The Morgan fingerprint density at radius 2 is 1.64 bits per heavy atom. The van der Waals surface area contributed by atoms with Gasteiger partial charge in [0.25, 0.3) is 5.91 Å². The molecule has 0 spiro atoms. The minimum absolute atomic E-state index is 0.0144. The molecule has 1 amide bonds. The van der Waals surface area contributed by atoms with E-state index in [0.717, 1.165) is 5.56 Å². The van der Waals surface area contributed by atoms with Gasteiger partial charge >= 0.3 is 0 Å². The Hall–Kier alpha value is -2.60. The molecular formula is C22H25NO4S. The van der Waals surface area contributed by atoms with Gasteiger partial charge in [-0.3, -0.25) is 4.79 Å². The first kappa shape index (κ1) is 20.1. The van der Waals surface area contributed by atoms with Crippen LogP contribution in [0.5, 0.6) is 5.75 Å². The summed E-state index contributed by atoms with van der Waals surface area (Å²) in [5.41, 5.74) is 2.25. The fourth-order valence-corrected chi connectivity index (χ4v) is 4.44. The standard InChI is InChI=1S/C22H25NO4S/c1-22(2,3)17-7-5-16(6-8-17)21(24)23(19-13-14-28(25,26)15-19)18-9-11-20(27-4)12-10-18/h5-14,19H,15H2,1-4H3/t19-/m1/s1. The molecule has 28 heavy (non-hydrogen) atoms. The van der Waals surface area contributed by atoms with Crippen LogP contribution in [0.1, 0.15) is 36.7 Å². The zero-order chi connectivity index (χ0) is 20.5. The van der Waals surface area contributed by atoms with Gasteiger partial charge < -0.3 is 9.64 Å². The molecule has 2 aromatic rings. The lowest BCUT2D eigenvalue weighted by Gasteiger charge is -2.28. The highest BCUT2D eigenvalue weighted by Gasteiger charge is 2.32. The Labute approximate surface area is 166 Å². The van der Waals surface area contributed by atoms with Crippen molar-refractivity contribution in [2.75, 3.05) is 17.8 Å². The molecule has 0 radical (unpaired) electrons. The molecule has 0 aliphatic carbocycles. The molecule has 1 atom stereocenters. The third kappa shape index (κ3) is 4.28. The number of ether oxygens (including phenoxy) is 1. The number of benzene rings is 2. The van der Waals surface area contributed by atoms with Gasteiger partial charge in [-0.15, -0.1) is 0 Å². The summed E-state index contributed by atoms with van der Waals surface area (Å²) in [5, 5.41) is 1.18. The third-order valence-electron chi connectivity index (χ3n) is 4.81. The molecule has 0 aromatic heterocycles. The summed E-state index contributed by atoms with van der Waals surface area (Å²) < 4.78 is 29.1. The topological polar surface area (TPSA) is 63.7 Å². The van der Waals surface area contributed by atoms with Gasteiger partial charge in [-0.1, -0.05) is 32.9 Å². The van der Waals surface area contributed by atoms with Gasteiger partial charge in [-0.25, -0.2) is 8.42 Å². The van der Waals surface area contributed by atoms with Crippen molar-refractivity contribution in [2.45, 2.75) is 32.2 Å². The van der Waals surface area contributed by atoms with E-state index in [1.807, 2.05) is 12.1 Å². The second-order valence-electron chi connectivity index (χ2n) is 7.93. The third-order valence-corrected chi connectivity index (χ3v) is 6.19. The molecule has 1 heterocycles. The van der Waals surface area contributed by atoms with Crippen LogP contribution in [-0.2, 0) is 15.3 Å². The van der Waals surface area contributed by atoms with E-state index in [1.165, 1.54) is 10.3 Å². The van der Waals surface area contributed by atoms with Gasteiger partial charge in [0.15, 0.2) is 9.84 Å². The predicted molar refractivity (Wildman–Crippen MR) is 112 cm³/mol. The molecule has 3 rings (SSSR count). The molecule has 148 valence electrons. The van der Waals surface area contributed by atoms with Crippen LogP contribution >= 0.6 is 0 Å². The molecular weight excluding hydrogens is 374 g/mol. The smallest absolute Gasteiger partial charge is 0.258 e. The maximum absolute atomic E-state index is 13.3. The zero-order valence-electron chi connectivity index (χ0n) is 16.5. The second kappa shape index (κ2) is 7.43. The fraction of sp³-hybridized carbons (Fsp3) is 0.318. The molecule has 1 aliphatic heterocycles. The molecule has 6 heteroatoms. The summed E-state index contributed by atoms with van der Waals surface area (Å²) in [5.74, 6) is 0.308. The largest absolute Gasteiger partial charge is 0.497 e. The Kier molecular flexibility index (Phi) is 5.35. The fourth-order valence-electron chi connectivity index (χ4n) is 3.17. The number of hydrogen-bond donors (Lipinski definition) is 0. The van der Waals surface area contributed by atoms with Crippen molar-refractivity contribution in [3.05, 3.63) is 71.1 Å². The Balaban J connectivity index is 1.98. The van der Waals surface area contributed by atoms with E-state index in [2.05, 4.69) is 20.8 Å². The molecule has 0 saturated heterocycles. The van der Waals surface area contributed by atoms with Gasteiger partial charge in [0.1, 0.15) is 5.75 Å². The molecule has 5 nitrogen and oxygen atoms in total. The van der Waals surface area contributed by atoms with Gasteiger partial charge in [0.05, 0.1) is 18.9 Å². The maximum Gasteiger partial charge on any atom is 0.258 e. The number of carbonyl (C=O) groups excluding carboxylic acids is 1. The van der Waals surface area contributed by atoms with Gasteiger partial charge in [0, 0.05) is 16.7 Å². The van der Waals surface area contributed by atoms with Crippen LogP contribution in [0.3, 0.4) is 0 Å². The van der Waals surface area contributed by atoms with Crippen molar-refractivity contribution in [1.29, 1.82) is 0 Å². The SMILES string of the molecule is COc1ccc(N(C(=O)c2ccc(C(C)(C)C)cc2)[C@@H]2C=CS(=O)(=O)C2)cc1. The van der Waals surface area contributed by atoms with Crippen LogP contribution in [0.15, 0.2) is 60.0 Å². The maximum atomic E-state index is 13.3. The summed E-state index contributed by atoms with van der Waals surface area (Å²) in [6.45, 7) is 6.34. The van der Waals surface area contributed by atoms with E-state index in [1.54, 1.807) is 49.6 Å². The number of hydrogen-bond acceptors (Lipinski definition) is 4. The van der Waals surface area contributed by atoms with Crippen molar-refractivity contribution in [2.24, 2.45) is 0 Å². The van der Waals surface area contributed by atoms with Crippen LogP contribution in [0, 0.1) is 0 Å². The number of nitrogens with zero attached hydrogens (tertiary/aromatic N) is 1. The molecule has 0 fully saturated rings. The number of carbonyl (C=O) groups is 1. The first-order chi connectivity index (χ1) is 13.1. The van der Waals surface area contributed by atoms with Crippen molar-refractivity contribution in [1.82, 2.24) is 0 Å². The van der Waals surface area contributed by atoms with Gasteiger partial charge in [-0.05, 0) is 53.5 Å². The van der Waals surface area contributed by atoms with Crippen molar-refractivity contribution < 1.29 is 17.9 Å². The van der Waals surface area contributed by atoms with Crippen LogP contribution in [0.25, 0.3) is 0 Å². The number of rotatable bonds is 4. The average Bonchev–Trinajstić information content (AvgIpc) is 3.01. The first-order valence-electron chi connectivity index (χ1n) is 9.10. The second-order valence-corrected chi connectivity index (χ2v) is 9.86. The lowest BCUT2D eigenvalue weighted by molar-refractivity contribution is 0.0983. The monoisotopic (exact) mass is 399 g/mol. The quantitative estimate of drug-likeness (QED) is 0.781. The summed E-state index contributed by atoms with van der Waals surface area (Å²) in [4.78, 5) is 14.9. The van der Waals surface area contributed by atoms with Crippen molar-refractivity contribution in [3.8, 4) is 5.75 Å². The van der Waals surface area contributed by atoms with E-state index in [-0.39, 0.29) is 17.1 Å². The number of methoxy groups -OCH3 is 1. The molecule has 0 saturated carbocycles. The first-order valence-corrected chi connectivity index (χ1v) is 10.8. The van der Waals surface area contributed by atoms with Crippen LogP contribution in [0.2, 0.25) is 0 Å². The van der Waals surface area contributed by atoms with Crippen LogP contribution in [-0.4, -0.2) is 33.2 Å². The van der Waals surface area contributed by atoms with E-state index in [4.69, 9.17) is 4.74 Å². The number of sulfone groups is 1. The number of anilines is 1. The molecule has 0 bridgehead atoms. The predicted octanol–water partition coefficient (Wildman–Crippen LogP) is 3.95. The highest BCUT2D eigenvalue weighted by atomic mass is 32.2. The summed E-state index contributed by atoms with van der Waals surface area (Å²) in [6, 6.07) is 14.0. The normalized spacial score (nSPS) is 18.1. The van der Waals surface area contributed by atoms with Crippen molar-refractivity contribution in [3.63, 3.8) is 0 Å². The Morgan fingerprint density at radius 3 is 2.11 bits per heavy atom. The van der Waals surface area contributed by atoms with Crippen LogP contribution < -0.4 is 9.64 Å². The van der Waals surface area contributed by atoms with Gasteiger partial charge in [-0.2, -0.15) is 0 Å². The molecule has 0 unspecified atom stereocenters. The van der Waals surface area contributed by atoms with Crippen LogP contribution in [0.4, 0.5) is 5.69 Å². The molecule has 0 N–H and O–H groups in total. The van der Waals surface area contributed by atoms with E-state index in [9.17, 15) is 13.2 Å². The molecule has 1 aliphatic rings. The van der Waals surface area contributed by atoms with Crippen molar-refractivity contribution >= 4 is 21.4 Å². The van der Waals surface area contributed by atoms with Gasteiger partial charge in [0.2, 0.25) is 0 Å². The summed E-state index contributed by atoms with van der Waals surface area (Å²) in [6.07, 6.45) is 1.57. The highest BCUT2D eigenvalue weighted by Crippen LogP contribution is 2.28. The lowest BCUT2D eigenvalue weighted by Crippen LogP contribution is -2.41. The minimum Gasteiger partial charge on any atom is -0.497 e. The minimum atomic E-state index is -3.30. The zero-order valence-corrected chi connectivity index (χ0v) is 17.4. The Morgan fingerprint density at radius 1 is 1.04 bits per heavy atom. The summed E-state index contributed by atoms with van der Waals surface area (Å²) in [7, 11) is -1.73. The highest BCUT2D eigenvalue weighted by molar-refractivity contribution is 7.94. The van der Waals surface area contributed by atoms with E-state index < -0.39 is 15.9 Å². The summed E-state index contributed by atoms with van der Waals surface area (Å²) >= 11 is 0. The lowest BCUT2D eigenvalue weighted by atomic mass is 9.86. The van der Waals surface area contributed by atoms with E-state index in [0.29, 0.717) is 17.0 Å².